The van der Waals surface area contributed by atoms with E-state index in [1.165, 1.54) is 0 Å². The number of benzene rings is 1. The van der Waals surface area contributed by atoms with Crippen molar-refractivity contribution in [2.75, 3.05) is 0 Å². The van der Waals surface area contributed by atoms with Crippen LogP contribution >= 0.6 is 0 Å². The molecule has 0 aliphatic rings. The Balaban J connectivity index is 2.31. The average molecular weight is 228 g/mol. The van der Waals surface area contributed by atoms with E-state index in [0.29, 0.717) is 5.56 Å². The fourth-order valence-electron chi connectivity index (χ4n) is 2.09. The molecule has 0 saturated heterocycles. The maximum atomic E-state index is 11.5. The van der Waals surface area contributed by atoms with Crippen LogP contribution < -0.4 is 11.3 Å². The highest BCUT2D eigenvalue weighted by molar-refractivity contribution is 5.95. The zero-order chi connectivity index (χ0) is 11.8. The molecule has 3 aromatic rings. The zero-order valence-electron chi connectivity index (χ0n) is 9.08. The van der Waals surface area contributed by atoms with E-state index in [-0.39, 0.29) is 12.1 Å². The van der Waals surface area contributed by atoms with Crippen molar-refractivity contribution in [3.8, 4) is 11.3 Å². The Hall–Kier alpha value is -2.27. The van der Waals surface area contributed by atoms with Gasteiger partial charge in [-0.15, -0.1) is 0 Å². The van der Waals surface area contributed by atoms with Crippen LogP contribution in [0.2, 0.25) is 0 Å². The highest BCUT2D eigenvalue weighted by atomic mass is 16.1. The Kier molecular flexibility index (Phi) is 2.12. The van der Waals surface area contributed by atoms with Crippen LogP contribution in [0, 0.1) is 0 Å². The molecule has 0 fully saturated rings. The molecule has 5 heteroatoms. The number of para-hydroxylation sites is 1. The first-order chi connectivity index (χ1) is 8.31. The number of aromatic nitrogens is 3. The molecule has 5 N–H and O–H groups in total. The van der Waals surface area contributed by atoms with E-state index in [2.05, 4.69) is 15.2 Å². The molecule has 86 valence electrons. The lowest BCUT2D eigenvalue weighted by Crippen LogP contribution is -2.10. The first kappa shape index (κ1) is 9.92. The molecule has 3 rings (SSSR count). The number of rotatable bonds is 2. The summed E-state index contributed by atoms with van der Waals surface area (Å²) < 4.78 is 0. The van der Waals surface area contributed by atoms with Crippen LogP contribution in [-0.2, 0) is 6.54 Å². The predicted octanol–water partition coefficient (Wildman–Crippen LogP) is 1.31. The van der Waals surface area contributed by atoms with Gasteiger partial charge in [-0.3, -0.25) is 15.0 Å². The highest BCUT2D eigenvalue weighted by Gasteiger charge is 2.13. The molecule has 0 unspecified atom stereocenters. The summed E-state index contributed by atoms with van der Waals surface area (Å²) in [6, 6.07) is 7.93. The lowest BCUT2D eigenvalue weighted by molar-refractivity contribution is 1.04. The fraction of sp³-hybridized carbons (Fsp3) is 0.0833. The second-order valence-electron chi connectivity index (χ2n) is 3.88. The number of hydrogen-bond donors (Lipinski definition) is 4. The van der Waals surface area contributed by atoms with Gasteiger partial charge in [-0.1, -0.05) is 18.2 Å². The van der Waals surface area contributed by atoms with Gasteiger partial charge in [-0.2, -0.15) is 0 Å². The minimum atomic E-state index is -0.159. The van der Waals surface area contributed by atoms with Gasteiger partial charge >= 0.3 is 0 Å². The third-order valence-electron chi connectivity index (χ3n) is 2.94. The van der Waals surface area contributed by atoms with Crippen molar-refractivity contribution in [1.82, 2.24) is 15.2 Å². The monoisotopic (exact) mass is 228 g/mol. The Bertz CT molecular complexity index is 719. The van der Waals surface area contributed by atoms with E-state index in [9.17, 15) is 4.79 Å². The quantitative estimate of drug-likeness (QED) is 0.532. The predicted molar refractivity (Wildman–Crippen MR) is 66.6 cm³/mol. The Morgan fingerprint density at radius 3 is 2.82 bits per heavy atom. The lowest BCUT2D eigenvalue weighted by Gasteiger charge is -1.98. The molecule has 0 amide bonds. The molecule has 0 bridgehead atoms. The summed E-state index contributed by atoms with van der Waals surface area (Å²) in [6.45, 7) is 0.216. The van der Waals surface area contributed by atoms with E-state index in [4.69, 9.17) is 5.73 Å². The van der Waals surface area contributed by atoms with Crippen LogP contribution in [0.25, 0.3) is 22.2 Å². The van der Waals surface area contributed by atoms with Crippen molar-refractivity contribution in [2.24, 2.45) is 5.73 Å². The molecule has 0 radical (unpaired) electrons. The van der Waals surface area contributed by atoms with Crippen molar-refractivity contribution in [3.63, 3.8) is 0 Å². The van der Waals surface area contributed by atoms with Gasteiger partial charge < -0.3 is 10.7 Å². The third-order valence-corrected chi connectivity index (χ3v) is 2.94. The van der Waals surface area contributed by atoms with Crippen LogP contribution in [0.15, 0.2) is 35.3 Å². The summed E-state index contributed by atoms with van der Waals surface area (Å²) in [4.78, 5) is 14.7. The Morgan fingerprint density at radius 1 is 1.18 bits per heavy atom. The summed E-state index contributed by atoms with van der Waals surface area (Å²) in [5, 5.41) is 6.52. The topological polar surface area (TPSA) is 90.5 Å². The van der Waals surface area contributed by atoms with E-state index < -0.39 is 0 Å². The van der Waals surface area contributed by atoms with Crippen molar-refractivity contribution in [1.29, 1.82) is 0 Å². The van der Waals surface area contributed by atoms with Crippen molar-refractivity contribution >= 4 is 10.9 Å². The third kappa shape index (κ3) is 1.40. The molecule has 1 aromatic carbocycles. The van der Waals surface area contributed by atoms with Gasteiger partial charge in [-0.05, 0) is 6.07 Å². The standard InChI is InChI=1S/C12H12N4O/c13-5-8-11(15-16-12(8)17)9-6-14-10-4-2-1-3-7(9)10/h1-4,6,14H,5,13H2,(H2,15,16,17). The number of H-pyrrole nitrogens is 3. The van der Waals surface area contributed by atoms with Gasteiger partial charge in [-0.25, -0.2) is 0 Å². The lowest BCUT2D eigenvalue weighted by atomic mass is 10.1. The van der Waals surface area contributed by atoms with Gasteiger partial charge in [0.1, 0.15) is 0 Å². The highest BCUT2D eigenvalue weighted by Crippen LogP contribution is 2.27. The van der Waals surface area contributed by atoms with Gasteiger partial charge in [0, 0.05) is 29.2 Å². The van der Waals surface area contributed by atoms with E-state index in [1.807, 2.05) is 30.5 Å². The SMILES string of the molecule is NCc1c(-c2c[nH]c3ccccc23)[nH][nH]c1=O. The molecule has 0 spiro atoms. The molecule has 0 aliphatic heterocycles. The number of fused-ring (bicyclic) bond motifs is 1. The number of nitrogens with one attached hydrogen (secondary N) is 3. The molecule has 0 atom stereocenters. The van der Waals surface area contributed by atoms with Crippen LogP contribution in [0.4, 0.5) is 0 Å². The van der Waals surface area contributed by atoms with Crippen LogP contribution in [0.5, 0.6) is 0 Å². The maximum absolute atomic E-state index is 11.5. The second kappa shape index (κ2) is 3.64. The van der Waals surface area contributed by atoms with Crippen LogP contribution in [0.1, 0.15) is 5.56 Å². The first-order valence-corrected chi connectivity index (χ1v) is 5.37. The van der Waals surface area contributed by atoms with Gasteiger partial charge in [0.15, 0.2) is 0 Å². The smallest absolute Gasteiger partial charge is 0.269 e. The number of nitrogens with two attached hydrogens (primary N) is 1. The normalized spacial score (nSPS) is 11.1. The van der Waals surface area contributed by atoms with Crippen LogP contribution in [0.3, 0.4) is 0 Å². The first-order valence-electron chi connectivity index (χ1n) is 5.37. The summed E-state index contributed by atoms with van der Waals surface area (Å²) >= 11 is 0. The van der Waals surface area contributed by atoms with E-state index in [0.717, 1.165) is 22.2 Å². The largest absolute Gasteiger partial charge is 0.360 e. The summed E-state index contributed by atoms with van der Waals surface area (Å²) in [5.74, 6) is 0. The molecular formula is C12H12N4O. The summed E-state index contributed by atoms with van der Waals surface area (Å²) in [6.07, 6.45) is 1.88. The van der Waals surface area contributed by atoms with Crippen molar-refractivity contribution in [3.05, 3.63) is 46.4 Å². The van der Waals surface area contributed by atoms with Gasteiger partial charge in [0.05, 0.1) is 11.3 Å². The minimum Gasteiger partial charge on any atom is -0.360 e. The number of hydrogen-bond acceptors (Lipinski definition) is 2. The second-order valence-corrected chi connectivity index (χ2v) is 3.88. The van der Waals surface area contributed by atoms with Gasteiger partial charge in [0.2, 0.25) is 0 Å². The molecule has 5 nitrogen and oxygen atoms in total. The van der Waals surface area contributed by atoms with E-state index >= 15 is 0 Å². The fourth-order valence-corrected chi connectivity index (χ4v) is 2.09. The molecule has 2 heterocycles. The molecular weight excluding hydrogens is 216 g/mol. The summed E-state index contributed by atoms with van der Waals surface area (Å²) in [5.41, 5.74) is 8.77. The Morgan fingerprint density at radius 2 is 2.00 bits per heavy atom. The minimum absolute atomic E-state index is 0.159. The zero-order valence-corrected chi connectivity index (χ0v) is 9.08. The number of aromatic amines is 3. The summed E-state index contributed by atoms with van der Waals surface area (Å²) in [7, 11) is 0. The van der Waals surface area contributed by atoms with E-state index in [1.54, 1.807) is 0 Å². The average Bonchev–Trinajstić information content (AvgIpc) is 2.92. The molecule has 0 aliphatic carbocycles. The molecule has 17 heavy (non-hydrogen) atoms. The van der Waals surface area contributed by atoms with Gasteiger partial charge in [0.25, 0.3) is 5.56 Å². The van der Waals surface area contributed by atoms with Crippen molar-refractivity contribution < 1.29 is 0 Å². The van der Waals surface area contributed by atoms with Crippen molar-refractivity contribution in [2.45, 2.75) is 6.54 Å². The Labute approximate surface area is 96.6 Å². The maximum Gasteiger partial charge on any atom is 0.269 e. The molecule has 0 saturated carbocycles. The molecule has 2 aromatic heterocycles. The van der Waals surface area contributed by atoms with Crippen LogP contribution in [-0.4, -0.2) is 15.2 Å².